The maximum atomic E-state index is 8.75. The average molecular weight is 409 g/mol. The highest BCUT2D eigenvalue weighted by molar-refractivity contribution is 4.82. The Balaban J connectivity index is 4.45. The molecule has 1 N–H and O–H groups in total. The Hall–Kier alpha value is -0.280. The van der Waals surface area contributed by atoms with Gasteiger partial charge in [-0.3, -0.25) is 0 Å². The van der Waals surface area contributed by atoms with Gasteiger partial charge in [-0.15, -0.1) is 0 Å². The van der Waals surface area contributed by atoms with Gasteiger partial charge in [0, 0.05) is 18.6 Å². The first-order chi connectivity index (χ1) is 13.6. The third-order valence-electron chi connectivity index (χ3n) is 4.44. The van der Waals surface area contributed by atoms with Crippen LogP contribution in [0, 0.1) is 11.3 Å². The molecule has 0 aliphatic heterocycles. The number of aliphatic hydroxyl groups is 1. The molecule has 0 spiro atoms. The van der Waals surface area contributed by atoms with E-state index >= 15 is 0 Å². The van der Waals surface area contributed by atoms with Crippen molar-refractivity contribution >= 4 is 0 Å². The van der Waals surface area contributed by atoms with Crippen LogP contribution in [0.1, 0.15) is 40.5 Å². The Morgan fingerprint density at radius 3 is 1.25 bits per heavy atom. The lowest BCUT2D eigenvalue weighted by molar-refractivity contribution is -0.107. The van der Waals surface area contributed by atoms with Crippen molar-refractivity contribution in [2.24, 2.45) is 11.3 Å². The zero-order chi connectivity index (χ0) is 20.9. The summed E-state index contributed by atoms with van der Waals surface area (Å²) in [6.45, 7) is 15.3. The topological polar surface area (TPSA) is 75.6 Å². The van der Waals surface area contributed by atoms with Crippen LogP contribution < -0.4 is 0 Å². The predicted molar refractivity (Wildman–Crippen MR) is 110 cm³/mol. The van der Waals surface area contributed by atoms with Gasteiger partial charge in [0.2, 0.25) is 0 Å². The number of aliphatic hydroxyl groups excluding tert-OH is 1. The summed E-state index contributed by atoms with van der Waals surface area (Å²) in [5.41, 5.74) is -0.244. The number of rotatable bonds is 22. The Bertz CT molecular complexity index is 272. The Morgan fingerprint density at radius 2 is 0.929 bits per heavy atom. The molecule has 0 saturated heterocycles. The molecule has 0 saturated carbocycles. The van der Waals surface area contributed by atoms with E-state index in [9.17, 15) is 0 Å². The van der Waals surface area contributed by atoms with Crippen molar-refractivity contribution in [1.82, 2.24) is 0 Å². The van der Waals surface area contributed by atoms with E-state index in [4.69, 9.17) is 33.5 Å². The van der Waals surface area contributed by atoms with Crippen LogP contribution in [0.2, 0.25) is 0 Å². The first-order valence-electron chi connectivity index (χ1n) is 10.7. The predicted octanol–water partition coefficient (Wildman–Crippen LogP) is 2.54. The Morgan fingerprint density at radius 1 is 0.571 bits per heavy atom. The van der Waals surface area contributed by atoms with Crippen LogP contribution in [0.25, 0.3) is 0 Å². The molecule has 170 valence electrons. The summed E-state index contributed by atoms with van der Waals surface area (Å²) in [6.07, 6.45) is 2.02. The van der Waals surface area contributed by atoms with Gasteiger partial charge in [-0.05, 0) is 18.8 Å². The summed E-state index contributed by atoms with van der Waals surface area (Å²) < 4.78 is 33.9. The highest BCUT2D eigenvalue weighted by atomic mass is 16.5. The third kappa shape index (κ3) is 14.7. The van der Waals surface area contributed by atoms with Crippen LogP contribution in [-0.4, -0.2) is 91.0 Å². The van der Waals surface area contributed by atoms with Crippen molar-refractivity contribution in [3.63, 3.8) is 0 Å². The fourth-order valence-corrected chi connectivity index (χ4v) is 2.46. The maximum Gasteiger partial charge on any atom is 0.0701 e. The summed E-state index contributed by atoms with van der Waals surface area (Å²) in [5.74, 6) is 0.319. The second kappa shape index (κ2) is 20.0. The smallest absolute Gasteiger partial charge is 0.0701 e. The molecule has 0 aromatic rings. The van der Waals surface area contributed by atoms with E-state index in [0.717, 1.165) is 26.1 Å². The summed E-state index contributed by atoms with van der Waals surface area (Å²) in [4.78, 5) is 0. The molecule has 0 aliphatic rings. The monoisotopic (exact) mass is 408 g/mol. The fraction of sp³-hybridized carbons (Fsp3) is 1.00. The van der Waals surface area contributed by atoms with Crippen molar-refractivity contribution in [2.45, 2.75) is 40.5 Å². The van der Waals surface area contributed by atoms with E-state index in [1.807, 2.05) is 0 Å². The molecular weight excluding hydrogens is 364 g/mol. The molecule has 7 heteroatoms. The molecular formula is C21H44O7. The van der Waals surface area contributed by atoms with Crippen molar-refractivity contribution in [3.05, 3.63) is 0 Å². The molecule has 0 rings (SSSR count). The minimum atomic E-state index is -0.244. The highest BCUT2D eigenvalue weighted by Gasteiger charge is 2.35. The van der Waals surface area contributed by atoms with E-state index in [1.54, 1.807) is 0 Å². The average Bonchev–Trinajstić information content (AvgIpc) is 2.69. The van der Waals surface area contributed by atoms with Gasteiger partial charge in [-0.2, -0.15) is 0 Å². The second-order valence-electron chi connectivity index (χ2n) is 7.24. The van der Waals surface area contributed by atoms with E-state index in [1.165, 1.54) is 0 Å². The van der Waals surface area contributed by atoms with E-state index in [0.29, 0.717) is 72.0 Å². The summed E-state index contributed by atoms with van der Waals surface area (Å²) in [5, 5.41) is 8.75. The van der Waals surface area contributed by atoms with Crippen LogP contribution in [0.15, 0.2) is 0 Å². The fourth-order valence-electron chi connectivity index (χ4n) is 2.46. The lowest BCUT2D eigenvalue weighted by Crippen LogP contribution is -2.43. The molecule has 0 aromatic carbocycles. The van der Waals surface area contributed by atoms with Gasteiger partial charge in [0.15, 0.2) is 0 Å². The number of hydrogen-bond acceptors (Lipinski definition) is 7. The number of hydrogen-bond donors (Lipinski definition) is 1. The van der Waals surface area contributed by atoms with Crippen LogP contribution in [0.3, 0.4) is 0 Å². The minimum Gasteiger partial charge on any atom is -0.394 e. The van der Waals surface area contributed by atoms with Gasteiger partial charge in [-0.25, -0.2) is 0 Å². The second-order valence-corrected chi connectivity index (χ2v) is 7.24. The lowest BCUT2D eigenvalue weighted by Gasteiger charge is -2.37. The molecule has 0 aliphatic carbocycles. The molecule has 7 nitrogen and oxygen atoms in total. The SMILES string of the molecule is CCCOCCOCC(COCCOCCC)(COCCOCCO)C(C)C. The molecule has 0 radical (unpaired) electrons. The largest absolute Gasteiger partial charge is 0.394 e. The zero-order valence-electron chi connectivity index (χ0n) is 18.6. The first kappa shape index (κ1) is 27.7. The van der Waals surface area contributed by atoms with Crippen molar-refractivity contribution in [3.8, 4) is 0 Å². The standard InChI is InChI=1S/C21H44O7/c1-5-8-23-11-14-26-17-21(20(3)4,18-27-15-12-24-9-6-2)19-28-16-13-25-10-7-22/h20,22H,5-19H2,1-4H3. The molecule has 0 unspecified atom stereocenters. The van der Waals surface area contributed by atoms with Crippen molar-refractivity contribution in [2.75, 3.05) is 85.9 Å². The van der Waals surface area contributed by atoms with Gasteiger partial charge in [-0.1, -0.05) is 27.7 Å². The van der Waals surface area contributed by atoms with Crippen LogP contribution >= 0.6 is 0 Å². The van der Waals surface area contributed by atoms with Gasteiger partial charge >= 0.3 is 0 Å². The van der Waals surface area contributed by atoms with Gasteiger partial charge in [0.05, 0.1) is 72.7 Å². The zero-order valence-corrected chi connectivity index (χ0v) is 18.6. The number of ether oxygens (including phenoxy) is 6. The Labute approximate surface area is 172 Å². The van der Waals surface area contributed by atoms with E-state index in [-0.39, 0.29) is 12.0 Å². The molecule has 0 amide bonds. The highest BCUT2D eigenvalue weighted by Crippen LogP contribution is 2.29. The molecule has 0 atom stereocenters. The van der Waals surface area contributed by atoms with Crippen molar-refractivity contribution < 1.29 is 33.5 Å². The van der Waals surface area contributed by atoms with Crippen molar-refractivity contribution in [1.29, 1.82) is 0 Å². The minimum absolute atomic E-state index is 0.0256. The quantitative estimate of drug-likeness (QED) is 0.276. The molecule has 0 bridgehead atoms. The summed E-state index contributed by atoms with van der Waals surface area (Å²) in [7, 11) is 0. The van der Waals surface area contributed by atoms with E-state index < -0.39 is 0 Å². The van der Waals surface area contributed by atoms with Gasteiger partial charge in [0.1, 0.15) is 0 Å². The first-order valence-corrected chi connectivity index (χ1v) is 10.7. The normalized spacial score (nSPS) is 12.2. The lowest BCUT2D eigenvalue weighted by atomic mass is 9.79. The van der Waals surface area contributed by atoms with Crippen LogP contribution in [-0.2, 0) is 28.4 Å². The van der Waals surface area contributed by atoms with Crippen LogP contribution in [0.5, 0.6) is 0 Å². The van der Waals surface area contributed by atoms with E-state index in [2.05, 4.69) is 27.7 Å². The van der Waals surface area contributed by atoms with Gasteiger partial charge in [0.25, 0.3) is 0 Å². The maximum absolute atomic E-state index is 8.75. The molecule has 0 fully saturated rings. The molecule has 0 heterocycles. The Kier molecular flexibility index (Phi) is 19.8. The molecule has 0 aromatic heterocycles. The summed E-state index contributed by atoms with van der Waals surface area (Å²) >= 11 is 0. The summed E-state index contributed by atoms with van der Waals surface area (Å²) in [6, 6.07) is 0. The van der Waals surface area contributed by atoms with Gasteiger partial charge < -0.3 is 33.5 Å². The third-order valence-corrected chi connectivity index (χ3v) is 4.44. The van der Waals surface area contributed by atoms with Crippen LogP contribution in [0.4, 0.5) is 0 Å². The molecule has 28 heavy (non-hydrogen) atoms.